The molecule has 5 heteroatoms. The number of amides is 1. The summed E-state index contributed by atoms with van der Waals surface area (Å²) in [5.41, 5.74) is 1.63. The molecule has 0 saturated heterocycles. The number of hydrogen-bond acceptors (Lipinski definition) is 2. The van der Waals surface area contributed by atoms with E-state index >= 15 is 0 Å². The van der Waals surface area contributed by atoms with Gasteiger partial charge in [-0.2, -0.15) is 0 Å². The Morgan fingerprint density at radius 1 is 0.958 bits per heavy atom. The third-order valence-electron chi connectivity index (χ3n) is 3.61. The Morgan fingerprint density at radius 3 is 2.50 bits per heavy atom. The third kappa shape index (κ3) is 3.91. The summed E-state index contributed by atoms with van der Waals surface area (Å²) in [4.78, 5) is 12.3. The summed E-state index contributed by atoms with van der Waals surface area (Å²) in [6, 6.07) is 21.1. The number of thiocarbonyl (C=S) groups is 1. The minimum Gasteiger partial charge on any atom is -0.331 e. The molecule has 0 fully saturated rings. The number of anilines is 1. The second kappa shape index (κ2) is 7.43. The molecule has 0 unspecified atom stereocenters. The molecule has 0 radical (unpaired) electrons. The van der Waals surface area contributed by atoms with Crippen molar-refractivity contribution in [1.82, 2.24) is 5.32 Å². The molecule has 120 valence electrons. The molecule has 0 spiro atoms. The van der Waals surface area contributed by atoms with Crippen molar-refractivity contribution in [2.24, 2.45) is 0 Å². The van der Waals surface area contributed by atoms with E-state index in [1.807, 2.05) is 54.6 Å². The van der Waals surface area contributed by atoms with E-state index in [0.29, 0.717) is 10.7 Å². The summed E-state index contributed by atoms with van der Waals surface area (Å²) in [5, 5.41) is 8.58. The molecule has 0 aliphatic carbocycles. The SMILES string of the molecule is O=C(Cc1cccc2ccccc12)NC(=S)Nc1ccccc1Cl. The standard InChI is InChI=1S/C19H15ClN2OS/c20-16-10-3-4-11-17(16)21-19(24)22-18(23)12-14-8-5-7-13-6-1-2-9-15(13)14/h1-11H,12H2,(H2,21,22,23,24). The van der Waals surface area contributed by atoms with Gasteiger partial charge in [0.15, 0.2) is 5.11 Å². The molecule has 24 heavy (non-hydrogen) atoms. The first-order valence-corrected chi connectivity index (χ1v) is 8.24. The van der Waals surface area contributed by atoms with Gasteiger partial charge in [-0.05, 0) is 40.7 Å². The third-order valence-corrected chi connectivity index (χ3v) is 4.14. The van der Waals surface area contributed by atoms with Crippen LogP contribution in [0, 0.1) is 0 Å². The second-order valence-corrected chi connectivity index (χ2v) is 6.11. The minimum absolute atomic E-state index is 0.170. The number of halogens is 1. The first kappa shape index (κ1) is 16.4. The Hall–Kier alpha value is -2.43. The highest BCUT2D eigenvalue weighted by molar-refractivity contribution is 7.80. The van der Waals surface area contributed by atoms with Crippen molar-refractivity contribution in [3.8, 4) is 0 Å². The molecule has 3 aromatic carbocycles. The van der Waals surface area contributed by atoms with Gasteiger partial charge in [0.1, 0.15) is 0 Å². The lowest BCUT2D eigenvalue weighted by atomic mass is 10.0. The van der Waals surface area contributed by atoms with E-state index in [4.69, 9.17) is 23.8 Å². The predicted octanol–water partition coefficient (Wildman–Crippen LogP) is 4.55. The molecule has 0 saturated carbocycles. The van der Waals surface area contributed by atoms with E-state index in [2.05, 4.69) is 10.6 Å². The largest absolute Gasteiger partial charge is 0.331 e. The number of fused-ring (bicyclic) bond motifs is 1. The molecule has 3 aromatic rings. The maximum Gasteiger partial charge on any atom is 0.230 e. The average molecular weight is 355 g/mol. The zero-order chi connectivity index (χ0) is 16.9. The molecule has 3 rings (SSSR count). The Balaban J connectivity index is 1.67. The molecule has 2 N–H and O–H groups in total. The average Bonchev–Trinajstić information content (AvgIpc) is 2.57. The first-order chi connectivity index (χ1) is 11.6. The van der Waals surface area contributed by atoms with Crippen molar-refractivity contribution in [2.45, 2.75) is 6.42 Å². The monoisotopic (exact) mass is 354 g/mol. The molecule has 0 bridgehead atoms. The van der Waals surface area contributed by atoms with Crippen molar-refractivity contribution in [3.05, 3.63) is 77.3 Å². The van der Waals surface area contributed by atoms with Gasteiger partial charge in [-0.15, -0.1) is 0 Å². The van der Waals surface area contributed by atoms with Crippen molar-refractivity contribution in [3.63, 3.8) is 0 Å². The summed E-state index contributed by atoms with van der Waals surface area (Å²) in [7, 11) is 0. The zero-order valence-corrected chi connectivity index (χ0v) is 14.3. The van der Waals surface area contributed by atoms with Crippen LogP contribution in [0.25, 0.3) is 10.8 Å². The Morgan fingerprint density at radius 2 is 1.67 bits per heavy atom. The number of carbonyl (C=O) groups is 1. The summed E-state index contributed by atoms with van der Waals surface area (Å²) in [6.07, 6.45) is 0.256. The van der Waals surface area contributed by atoms with Crippen LogP contribution in [0.15, 0.2) is 66.7 Å². The van der Waals surface area contributed by atoms with Gasteiger partial charge < -0.3 is 10.6 Å². The first-order valence-electron chi connectivity index (χ1n) is 7.45. The fourth-order valence-electron chi connectivity index (χ4n) is 2.51. The number of benzene rings is 3. The van der Waals surface area contributed by atoms with Crippen molar-refractivity contribution >= 4 is 51.3 Å². The minimum atomic E-state index is -0.170. The highest BCUT2D eigenvalue weighted by Gasteiger charge is 2.09. The van der Waals surface area contributed by atoms with Gasteiger partial charge in [-0.25, -0.2) is 0 Å². The van der Waals surface area contributed by atoms with E-state index in [1.54, 1.807) is 12.1 Å². The van der Waals surface area contributed by atoms with Crippen LogP contribution in [0.5, 0.6) is 0 Å². The summed E-state index contributed by atoms with van der Waals surface area (Å²) in [5.74, 6) is -0.170. The number of nitrogens with one attached hydrogen (secondary N) is 2. The molecular formula is C19H15ClN2OS. The number of carbonyl (C=O) groups excluding carboxylic acids is 1. The highest BCUT2D eigenvalue weighted by Crippen LogP contribution is 2.21. The summed E-state index contributed by atoms with van der Waals surface area (Å²) < 4.78 is 0. The second-order valence-electron chi connectivity index (χ2n) is 5.30. The van der Waals surface area contributed by atoms with Crippen LogP contribution in [0.3, 0.4) is 0 Å². The van der Waals surface area contributed by atoms with Crippen LogP contribution in [0.2, 0.25) is 5.02 Å². The van der Waals surface area contributed by atoms with Crippen LogP contribution in [0.1, 0.15) is 5.56 Å². The normalized spacial score (nSPS) is 10.4. The van der Waals surface area contributed by atoms with E-state index in [-0.39, 0.29) is 17.4 Å². The Kier molecular flexibility index (Phi) is 5.08. The molecule has 0 aliphatic rings. The van der Waals surface area contributed by atoms with Crippen molar-refractivity contribution in [1.29, 1.82) is 0 Å². The van der Waals surface area contributed by atoms with Gasteiger partial charge >= 0.3 is 0 Å². The zero-order valence-electron chi connectivity index (χ0n) is 12.8. The molecule has 0 atom stereocenters. The van der Waals surface area contributed by atoms with Gasteiger partial charge in [0, 0.05) is 0 Å². The molecule has 0 heterocycles. The van der Waals surface area contributed by atoms with E-state index in [0.717, 1.165) is 16.3 Å². The quantitative estimate of drug-likeness (QED) is 0.678. The van der Waals surface area contributed by atoms with Crippen LogP contribution < -0.4 is 10.6 Å². The molecule has 1 amide bonds. The van der Waals surface area contributed by atoms with Crippen molar-refractivity contribution < 1.29 is 4.79 Å². The van der Waals surface area contributed by atoms with Crippen molar-refractivity contribution in [2.75, 3.05) is 5.32 Å². The topological polar surface area (TPSA) is 41.1 Å². The fourth-order valence-corrected chi connectivity index (χ4v) is 2.91. The molecule has 0 aliphatic heterocycles. The van der Waals surface area contributed by atoms with Crippen LogP contribution >= 0.6 is 23.8 Å². The van der Waals surface area contributed by atoms with Gasteiger partial charge in [0.05, 0.1) is 17.1 Å². The maximum absolute atomic E-state index is 12.3. The predicted molar refractivity (Wildman–Crippen MR) is 103 cm³/mol. The van der Waals surface area contributed by atoms with E-state index < -0.39 is 0 Å². The smallest absolute Gasteiger partial charge is 0.230 e. The van der Waals surface area contributed by atoms with Gasteiger partial charge in [-0.1, -0.05) is 66.2 Å². The lowest BCUT2D eigenvalue weighted by molar-refractivity contribution is -0.119. The van der Waals surface area contributed by atoms with E-state index in [9.17, 15) is 4.79 Å². The Labute approximate surface area is 150 Å². The number of hydrogen-bond donors (Lipinski definition) is 2. The maximum atomic E-state index is 12.3. The summed E-state index contributed by atoms with van der Waals surface area (Å²) in [6.45, 7) is 0. The Bertz CT molecular complexity index is 905. The van der Waals surface area contributed by atoms with Gasteiger partial charge in [0.25, 0.3) is 0 Å². The highest BCUT2D eigenvalue weighted by atomic mass is 35.5. The number of rotatable bonds is 3. The lowest BCUT2D eigenvalue weighted by Crippen LogP contribution is -2.35. The molecule has 3 nitrogen and oxygen atoms in total. The fraction of sp³-hybridized carbons (Fsp3) is 0.0526. The van der Waals surface area contributed by atoms with Crippen LogP contribution in [-0.4, -0.2) is 11.0 Å². The van der Waals surface area contributed by atoms with Gasteiger partial charge in [0.2, 0.25) is 5.91 Å². The number of para-hydroxylation sites is 1. The molecular weight excluding hydrogens is 340 g/mol. The van der Waals surface area contributed by atoms with Crippen LogP contribution in [0.4, 0.5) is 5.69 Å². The molecule has 0 aromatic heterocycles. The van der Waals surface area contributed by atoms with Crippen LogP contribution in [-0.2, 0) is 11.2 Å². The summed E-state index contributed by atoms with van der Waals surface area (Å²) >= 11 is 11.2. The van der Waals surface area contributed by atoms with Gasteiger partial charge in [-0.3, -0.25) is 4.79 Å². The lowest BCUT2D eigenvalue weighted by Gasteiger charge is -2.11. The van der Waals surface area contributed by atoms with E-state index in [1.165, 1.54) is 0 Å².